The van der Waals surface area contributed by atoms with Gasteiger partial charge in [0.25, 0.3) is 0 Å². The second kappa shape index (κ2) is 6.50. The number of rotatable bonds is 2. The fraction of sp³-hybridized carbons (Fsp3) is 1.00. The molecule has 0 atom stereocenters. The highest BCUT2D eigenvalue weighted by Gasteiger charge is 1.79. The minimum absolute atomic E-state index is 0.808. The molecule has 0 spiro atoms. The van der Waals surface area contributed by atoms with Crippen molar-refractivity contribution in [3.8, 4) is 0 Å². The van der Waals surface area contributed by atoms with Crippen molar-refractivity contribution in [1.82, 2.24) is 5.01 Å². The van der Waals surface area contributed by atoms with E-state index in [2.05, 4.69) is 4.18 Å². The van der Waals surface area contributed by atoms with E-state index in [0.29, 0.717) is 0 Å². The van der Waals surface area contributed by atoms with Crippen molar-refractivity contribution in [2.24, 2.45) is 0 Å². The minimum atomic E-state index is -4.41. The summed E-state index contributed by atoms with van der Waals surface area (Å²) in [5, 5.41) is 2.00. The van der Waals surface area contributed by atoms with Crippen LogP contribution in [0.15, 0.2) is 0 Å². The molecule has 0 aromatic carbocycles. The number of nitrogens with two attached hydrogens (primary N) is 1. The van der Waals surface area contributed by atoms with Crippen LogP contribution in [0.25, 0.3) is 0 Å². The van der Waals surface area contributed by atoms with E-state index in [9.17, 15) is 13.0 Å². The molecule has 70 valence electrons. The van der Waals surface area contributed by atoms with Crippen molar-refractivity contribution in [3.05, 3.63) is 0 Å². The van der Waals surface area contributed by atoms with E-state index in [1.165, 1.54) is 0 Å². The van der Waals surface area contributed by atoms with Crippen LogP contribution < -0.4 is 5.43 Å². The standard InChI is InChI=1S/C3H10N2.CH4O4S/c1-4-5(2)3;1-5-6(2,3)4/h4H,1-3H3;1H3,(H,2,3,4). The molecule has 11 heavy (non-hydrogen) atoms. The molecule has 6 nitrogen and oxygen atoms in total. The Labute approximate surface area is 67.1 Å². The molecule has 0 saturated carbocycles. The van der Waals surface area contributed by atoms with Crippen LogP contribution in [0.4, 0.5) is 0 Å². The van der Waals surface area contributed by atoms with E-state index in [4.69, 9.17) is 0 Å². The maximum absolute atomic E-state index is 9.22. The Morgan fingerprint density at radius 1 is 1.45 bits per heavy atom. The van der Waals surface area contributed by atoms with Crippen LogP contribution in [0.1, 0.15) is 0 Å². The number of hydrogen-bond donors (Lipinski definition) is 1. The van der Waals surface area contributed by atoms with Gasteiger partial charge in [-0.25, -0.2) is 8.42 Å². The summed E-state index contributed by atoms with van der Waals surface area (Å²) >= 11 is 0. The van der Waals surface area contributed by atoms with Crippen LogP contribution in [0.3, 0.4) is 0 Å². The van der Waals surface area contributed by atoms with Gasteiger partial charge in [-0.15, -0.1) is 0 Å². The molecule has 0 saturated heterocycles. The van der Waals surface area contributed by atoms with E-state index >= 15 is 0 Å². The summed E-state index contributed by atoms with van der Waals surface area (Å²) in [6.07, 6.45) is 0. The fourth-order valence-corrected chi connectivity index (χ4v) is 0. The number of nitrogens with zero attached hydrogens (tertiary/aromatic N) is 1. The first-order valence-corrected chi connectivity index (χ1v) is 4.14. The summed E-state index contributed by atoms with van der Waals surface area (Å²) in [6, 6.07) is 0. The smallest absolute Gasteiger partial charge is 0.217 e. The molecule has 0 heterocycles. The van der Waals surface area contributed by atoms with Gasteiger partial charge in [0.05, 0.1) is 14.2 Å². The van der Waals surface area contributed by atoms with Crippen LogP contribution in [0, 0.1) is 0 Å². The first-order chi connectivity index (χ1) is 4.83. The average molecular weight is 186 g/mol. The molecule has 0 bridgehead atoms. The molecule has 0 radical (unpaired) electrons. The zero-order chi connectivity index (χ0) is 9.49. The van der Waals surface area contributed by atoms with E-state index in [1.807, 2.05) is 31.6 Å². The Morgan fingerprint density at radius 3 is 1.64 bits per heavy atom. The molecule has 7 heteroatoms. The molecule has 0 aliphatic rings. The Balaban J connectivity index is 0. The molecular formula is C4H14N2O4S. The molecule has 2 N–H and O–H groups in total. The molecule has 0 aromatic heterocycles. The molecule has 0 fully saturated rings. The van der Waals surface area contributed by atoms with Crippen LogP contribution in [0.2, 0.25) is 0 Å². The molecular weight excluding hydrogens is 172 g/mol. The van der Waals surface area contributed by atoms with Crippen molar-refractivity contribution in [1.29, 1.82) is 0 Å². The lowest BCUT2D eigenvalue weighted by atomic mass is 11.1. The van der Waals surface area contributed by atoms with Gasteiger partial charge in [0.2, 0.25) is 10.4 Å². The van der Waals surface area contributed by atoms with Gasteiger partial charge < -0.3 is 4.55 Å². The van der Waals surface area contributed by atoms with Crippen molar-refractivity contribution in [2.45, 2.75) is 0 Å². The van der Waals surface area contributed by atoms with E-state index in [1.54, 1.807) is 0 Å². The summed E-state index contributed by atoms with van der Waals surface area (Å²) in [5.41, 5.74) is 2.00. The lowest BCUT2D eigenvalue weighted by Gasteiger charge is -1.98. The molecule has 0 aromatic rings. The second-order valence-electron chi connectivity index (χ2n) is 1.80. The van der Waals surface area contributed by atoms with Gasteiger partial charge in [0, 0.05) is 14.1 Å². The van der Waals surface area contributed by atoms with Crippen LogP contribution >= 0.6 is 0 Å². The third kappa shape index (κ3) is 25.9. The lowest BCUT2D eigenvalue weighted by molar-refractivity contribution is -0.772. The summed E-state index contributed by atoms with van der Waals surface area (Å²) in [4.78, 5) is 0. The highest BCUT2D eigenvalue weighted by atomic mass is 32.3. The van der Waals surface area contributed by atoms with Crippen molar-refractivity contribution in [3.63, 3.8) is 0 Å². The topological polar surface area (TPSA) is 86.3 Å². The lowest BCUT2D eigenvalue weighted by Crippen LogP contribution is -2.88. The fourth-order valence-electron chi connectivity index (χ4n) is 0. The number of quaternary nitrogens is 1. The van der Waals surface area contributed by atoms with E-state index in [0.717, 1.165) is 7.11 Å². The monoisotopic (exact) mass is 186 g/mol. The summed E-state index contributed by atoms with van der Waals surface area (Å²) in [6.45, 7) is 0. The van der Waals surface area contributed by atoms with E-state index in [-0.39, 0.29) is 0 Å². The maximum atomic E-state index is 9.22. The Bertz CT molecular complexity index is 165. The van der Waals surface area contributed by atoms with E-state index < -0.39 is 10.4 Å². The first kappa shape index (κ1) is 13.4. The summed E-state index contributed by atoms with van der Waals surface area (Å²) < 4.78 is 31.0. The van der Waals surface area contributed by atoms with Gasteiger partial charge in [-0.1, -0.05) is 0 Å². The molecule has 0 rings (SSSR count). The third-order valence-corrected chi connectivity index (χ3v) is 1.13. The summed E-state index contributed by atoms with van der Waals surface area (Å²) in [5.74, 6) is 0. The largest absolute Gasteiger partial charge is 0.726 e. The third-order valence-electron chi connectivity index (χ3n) is 0.721. The highest BCUT2D eigenvalue weighted by molar-refractivity contribution is 7.80. The highest BCUT2D eigenvalue weighted by Crippen LogP contribution is 1.74. The Morgan fingerprint density at radius 2 is 1.64 bits per heavy atom. The SMILES string of the molecule is COS(=O)(=O)[O-].C[NH2+]N(C)C. The van der Waals surface area contributed by atoms with Gasteiger partial charge >= 0.3 is 0 Å². The maximum Gasteiger partial charge on any atom is 0.217 e. The van der Waals surface area contributed by atoms with Gasteiger partial charge in [-0.05, 0) is 0 Å². The number of hydrogen-bond acceptors (Lipinski definition) is 5. The van der Waals surface area contributed by atoms with Crippen LogP contribution in [-0.2, 0) is 14.6 Å². The van der Waals surface area contributed by atoms with Crippen molar-refractivity contribution >= 4 is 10.4 Å². The predicted octanol–water partition coefficient (Wildman–Crippen LogP) is -2.25. The average Bonchev–Trinajstić information content (AvgIpc) is 1.88. The van der Waals surface area contributed by atoms with Crippen molar-refractivity contribution in [2.75, 3.05) is 28.3 Å². The normalized spacial score (nSPS) is 10.7. The van der Waals surface area contributed by atoms with Gasteiger partial charge in [-0.2, -0.15) is 5.01 Å². The Kier molecular flexibility index (Phi) is 7.91. The minimum Gasteiger partial charge on any atom is -0.726 e. The molecule has 0 unspecified atom stereocenters. The molecule has 0 aliphatic heterocycles. The predicted molar refractivity (Wildman–Crippen MR) is 38.2 cm³/mol. The van der Waals surface area contributed by atoms with Gasteiger partial charge in [-0.3, -0.25) is 9.61 Å². The first-order valence-electron chi connectivity index (χ1n) is 2.80. The van der Waals surface area contributed by atoms with Gasteiger partial charge in [0.15, 0.2) is 0 Å². The van der Waals surface area contributed by atoms with Crippen molar-refractivity contribution < 1.29 is 22.6 Å². The zero-order valence-electron chi connectivity index (χ0n) is 7.07. The molecule has 0 amide bonds. The molecule has 0 aliphatic carbocycles. The van der Waals surface area contributed by atoms with Crippen LogP contribution in [-0.4, -0.2) is 46.2 Å². The second-order valence-corrected chi connectivity index (χ2v) is 2.95. The zero-order valence-corrected chi connectivity index (χ0v) is 7.88. The van der Waals surface area contributed by atoms with Crippen LogP contribution in [0.5, 0.6) is 0 Å². The quantitative estimate of drug-likeness (QED) is 0.228. The van der Waals surface area contributed by atoms with Gasteiger partial charge in [0.1, 0.15) is 0 Å². The Hall–Kier alpha value is -0.210. The summed E-state index contributed by atoms with van der Waals surface area (Å²) in [7, 11) is 2.40.